The molecule has 5 heteroatoms. The third-order valence-corrected chi connectivity index (χ3v) is 1.68. The molecule has 5 nitrogen and oxygen atoms in total. The zero-order valence-corrected chi connectivity index (χ0v) is 7.81. The van der Waals surface area contributed by atoms with Gasteiger partial charge in [0.15, 0.2) is 0 Å². The van der Waals surface area contributed by atoms with E-state index in [4.69, 9.17) is 10.8 Å². The Bertz CT molecular complexity index is 398. The van der Waals surface area contributed by atoms with Gasteiger partial charge in [-0.25, -0.2) is 4.79 Å². The van der Waals surface area contributed by atoms with Crippen LogP contribution in [0.15, 0.2) is 42.2 Å². The molecular formula is C10H10N2O3. The summed E-state index contributed by atoms with van der Waals surface area (Å²) in [6, 6.07) is 8.27. The van der Waals surface area contributed by atoms with E-state index in [0.717, 1.165) is 6.20 Å². The van der Waals surface area contributed by atoms with Crippen LogP contribution in [0.25, 0.3) is 0 Å². The second kappa shape index (κ2) is 4.80. The van der Waals surface area contributed by atoms with Gasteiger partial charge in [-0.1, -0.05) is 18.2 Å². The van der Waals surface area contributed by atoms with E-state index in [0.29, 0.717) is 5.56 Å². The summed E-state index contributed by atoms with van der Waals surface area (Å²) in [6.45, 7) is 0. The van der Waals surface area contributed by atoms with Crippen LogP contribution in [0, 0.1) is 0 Å². The molecule has 0 spiro atoms. The number of carbonyl (C=O) groups is 2. The SMILES string of the molecule is N/C=C(\NC(=O)c1ccccc1)C(=O)O. The van der Waals surface area contributed by atoms with Crippen LogP contribution in [0.4, 0.5) is 0 Å². The Morgan fingerprint density at radius 3 is 2.33 bits per heavy atom. The fraction of sp³-hybridized carbons (Fsp3) is 0. The van der Waals surface area contributed by atoms with E-state index in [9.17, 15) is 9.59 Å². The summed E-state index contributed by atoms with van der Waals surface area (Å²) >= 11 is 0. The first-order chi connectivity index (χ1) is 7.15. The minimum atomic E-state index is -1.28. The first-order valence-electron chi connectivity index (χ1n) is 4.16. The maximum Gasteiger partial charge on any atom is 0.353 e. The average molecular weight is 206 g/mol. The van der Waals surface area contributed by atoms with Gasteiger partial charge < -0.3 is 16.2 Å². The first-order valence-corrected chi connectivity index (χ1v) is 4.16. The number of amides is 1. The molecule has 0 aliphatic heterocycles. The van der Waals surface area contributed by atoms with Gasteiger partial charge in [-0.05, 0) is 12.1 Å². The van der Waals surface area contributed by atoms with Crippen molar-refractivity contribution in [3.8, 4) is 0 Å². The fourth-order valence-corrected chi connectivity index (χ4v) is 0.950. The second-order valence-corrected chi connectivity index (χ2v) is 2.71. The van der Waals surface area contributed by atoms with Crippen LogP contribution >= 0.6 is 0 Å². The van der Waals surface area contributed by atoms with E-state index in [1.54, 1.807) is 30.3 Å². The quantitative estimate of drug-likeness (QED) is 0.620. The normalized spacial score (nSPS) is 10.8. The molecular weight excluding hydrogens is 196 g/mol. The lowest BCUT2D eigenvalue weighted by atomic mass is 10.2. The van der Waals surface area contributed by atoms with Crippen molar-refractivity contribution in [1.29, 1.82) is 0 Å². The highest BCUT2D eigenvalue weighted by atomic mass is 16.4. The molecule has 0 unspecified atom stereocenters. The van der Waals surface area contributed by atoms with Gasteiger partial charge in [0.05, 0.1) is 0 Å². The molecule has 0 aromatic heterocycles. The minimum absolute atomic E-state index is 0.344. The smallest absolute Gasteiger partial charge is 0.353 e. The molecule has 0 saturated heterocycles. The van der Waals surface area contributed by atoms with Crippen LogP contribution in [0.1, 0.15) is 10.4 Å². The number of rotatable bonds is 3. The molecule has 1 rings (SSSR count). The summed E-state index contributed by atoms with van der Waals surface area (Å²) in [5.74, 6) is -1.78. The van der Waals surface area contributed by atoms with Crippen molar-refractivity contribution in [3.63, 3.8) is 0 Å². The average Bonchev–Trinajstić information content (AvgIpc) is 2.26. The van der Waals surface area contributed by atoms with Crippen LogP contribution in [0.5, 0.6) is 0 Å². The molecule has 0 heterocycles. The molecule has 0 atom stereocenters. The van der Waals surface area contributed by atoms with Crippen LogP contribution in [0.2, 0.25) is 0 Å². The predicted octanol–water partition coefficient (Wildman–Crippen LogP) is 0.301. The topological polar surface area (TPSA) is 92.4 Å². The number of carbonyl (C=O) groups excluding carboxylic acids is 1. The predicted molar refractivity (Wildman–Crippen MR) is 53.8 cm³/mol. The van der Waals surface area contributed by atoms with Crippen molar-refractivity contribution >= 4 is 11.9 Å². The number of nitrogens with one attached hydrogen (secondary N) is 1. The van der Waals surface area contributed by atoms with Crippen LogP contribution in [0.3, 0.4) is 0 Å². The van der Waals surface area contributed by atoms with Gasteiger partial charge in [-0.15, -0.1) is 0 Å². The lowest BCUT2D eigenvalue weighted by Crippen LogP contribution is -2.28. The summed E-state index contributed by atoms with van der Waals surface area (Å²) in [7, 11) is 0. The standard InChI is InChI=1S/C10H10N2O3/c11-6-8(10(14)15)12-9(13)7-4-2-1-3-5-7/h1-6H,11H2,(H,12,13)(H,14,15)/b8-6-. The molecule has 0 aliphatic carbocycles. The lowest BCUT2D eigenvalue weighted by Gasteiger charge is -2.04. The minimum Gasteiger partial charge on any atom is -0.477 e. The lowest BCUT2D eigenvalue weighted by molar-refractivity contribution is -0.133. The van der Waals surface area contributed by atoms with Crippen LogP contribution < -0.4 is 11.1 Å². The molecule has 1 amide bonds. The third kappa shape index (κ3) is 2.84. The molecule has 0 radical (unpaired) electrons. The molecule has 0 aliphatic rings. The Morgan fingerprint density at radius 1 is 1.27 bits per heavy atom. The molecule has 1 aromatic carbocycles. The highest BCUT2D eigenvalue weighted by Crippen LogP contribution is 1.99. The Kier molecular flexibility index (Phi) is 3.45. The van der Waals surface area contributed by atoms with Crippen molar-refractivity contribution in [1.82, 2.24) is 5.32 Å². The van der Waals surface area contributed by atoms with Gasteiger partial charge >= 0.3 is 5.97 Å². The second-order valence-electron chi connectivity index (χ2n) is 2.71. The van der Waals surface area contributed by atoms with Gasteiger partial charge in [-0.2, -0.15) is 0 Å². The van der Waals surface area contributed by atoms with Crippen molar-refractivity contribution in [3.05, 3.63) is 47.8 Å². The number of nitrogens with two attached hydrogens (primary N) is 1. The Labute approximate surface area is 86.2 Å². The largest absolute Gasteiger partial charge is 0.477 e. The molecule has 0 fully saturated rings. The van der Waals surface area contributed by atoms with Gasteiger partial charge in [0.2, 0.25) is 0 Å². The summed E-state index contributed by atoms with van der Waals surface area (Å²) in [5, 5.41) is 10.8. The van der Waals surface area contributed by atoms with Crippen molar-refractivity contribution in [2.45, 2.75) is 0 Å². The van der Waals surface area contributed by atoms with Crippen molar-refractivity contribution < 1.29 is 14.7 Å². The van der Waals surface area contributed by atoms with Gasteiger partial charge in [0.1, 0.15) is 5.70 Å². The van der Waals surface area contributed by atoms with E-state index in [1.807, 2.05) is 0 Å². The van der Waals surface area contributed by atoms with Gasteiger partial charge in [0, 0.05) is 11.8 Å². The summed E-state index contributed by atoms with van der Waals surface area (Å²) in [4.78, 5) is 22.0. The Balaban J connectivity index is 2.77. The van der Waals surface area contributed by atoms with Crippen LogP contribution in [-0.2, 0) is 4.79 Å². The third-order valence-electron chi connectivity index (χ3n) is 1.68. The molecule has 4 N–H and O–H groups in total. The van der Waals surface area contributed by atoms with E-state index < -0.39 is 11.9 Å². The van der Waals surface area contributed by atoms with Crippen molar-refractivity contribution in [2.24, 2.45) is 5.73 Å². The molecule has 78 valence electrons. The zero-order chi connectivity index (χ0) is 11.3. The van der Waals surface area contributed by atoms with Gasteiger partial charge in [-0.3, -0.25) is 4.79 Å². The monoisotopic (exact) mass is 206 g/mol. The highest BCUT2D eigenvalue weighted by molar-refractivity contribution is 6.00. The van der Waals surface area contributed by atoms with E-state index >= 15 is 0 Å². The first kappa shape index (κ1) is 10.8. The summed E-state index contributed by atoms with van der Waals surface area (Å²) < 4.78 is 0. The van der Waals surface area contributed by atoms with E-state index in [-0.39, 0.29) is 5.70 Å². The highest BCUT2D eigenvalue weighted by Gasteiger charge is 2.11. The Morgan fingerprint density at radius 2 is 1.87 bits per heavy atom. The molecule has 1 aromatic rings. The maximum atomic E-state index is 11.4. The number of benzene rings is 1. The zero-order valence-electron chi connectivity index (χ0n) is 7.81. The number of hydrogen-bond donors (Lipinski definition) is 3. The molecule has 0 bridgehead atoms. The van der Waals surface area contributed by atoms with E-state index in [2.05, 4.69) is 5.32 Å². The number of hydrogen-bond acceptors (Lipinski definition) is 3. The van der Waals surface area contributed by atoms with Crippen molar-refractivity contribution in [2.75, 3.05) is 0 Å². The van der Waals surface area contributed by atoms with E-state index in [1.165, 1.54) is 0 Å². The molecule has 0 saturated carbocycles. The Hall–Kier alpha value is -2.30. The molecule has 15 heavy (non-hydrogen) atoms. The van der Waals surface area contributed by atoms with Crippen LogP contribution in [-0.4, -0.2) is 17.0 Å². The summed E-state index contributed by atoms with van der Waals surface area (Å²) in [6.07, 6.45) is 0.836. The number of aliphatic carboxylic acids is 1. The number of carboxylic acids is 1. The van der Waals surface area contributed by atoms with Gasteiger partial charge in [0.25, 0.3) is 5.91 Å². The fourth-order valence-electron chi connectivity index (χ4n) is 0.950. The number of carboxylic acid groups (broad SMARTS) is 1. The summed E-state index contributed by atoms with van der Waals surface area (Å²) in [5.41, 5.74) is 5.07. The maximum absolute atomic E-state index is 11.4.